The van der Waals surface area contributed by atoms with E-state index in [-0.39, 0.29) is 15.6 Å². The zero-order valence-electron chi connectivity index (χ0n) is 14.7. The summed E-state index contributed by atoms with van der Waals surface area (Å²) in [6.45, 7) is 4.84. The fourth-order valence-electron chi connectivity index (χ4n) is 1.96. The van der Waals surface area contributed by atoms with Gasteiger partial charge in [-0.15, -0.1) is 13.2 Å². The first-order valence-corrected chi connectivity index (χ1v) is 8.35. The second-order valence-electron chi connectivity index (χ2n) is 5.59. The van der Waals surface area contributed by atoms with Crippen molar-refractivity contribution in [1.29, 1.82) is 0 Å². The zero-order chi connectivity index (χ0) is 20.8. The number of aliphatic carboxylic acids is 1. The largest absolute Gasteiger partial charge is 0.573 e. The molecule has 0 aliphatic carbocycles. The van der Waals surface area contributed by atoms with Gasteiger partial charge in [0.2, 0.25) is 0 Å². The molecule has 0 aliphatic heterocycles. The Kier molecular flexibility index (Phi) is 8.19. The monoisotopic (exact) mass is 420 g/mol. The average Bonchev–Trinajstić information content (AvgIpc) is 2.50. The third kappa shape index (κ3) is 7.93. The number of allylic oxidation sites excluding steroid dienone is 6. The number of carbonyl (C=O) groups is 1. The Morgan fingerprint density at radius 3 is 2.37 bits per heavy atom. The van der Waals surface area contributed by atoms with Crippen LogP contribution >= 0.6 is 23.2 Å². The van der Waals surface area contributed by atoms with Crippen LogP contribution in [0.15, 0.2) is 47.6 Å². The van der Waals surface area contributed by atoms with Crippen molar-refractivity contribution in [3.63, 3.8) is 0 Å². The molecule has 0 aromatic heterocycles. The standard InChI is InChI=1S/C19H17Cl2F3O3/c1-11(5-4-6-12(2)9-17(25)26)7-8-14-15(20)10-16(13(3)18(14)21)27-19(22,23)24/h4-10H,1-3H3,(H,25,26). The highest BCUT2D eigenvalue weighted by Crippen LogP contribution is 2.38. The Labute approximate surface area is 165 Å². The number of carboxylic acid groups (broad SMARTS) is 1. The van der Waals surface area contributed by atoms with Gasteiger partial charge in [0, 0.05) is 23.3 Å². The maximum absolute atomic E-state index is 12.4. The molecule has 1 aromatic carbocycles. The third-order valence-electron chi connectivity index (χ3n) is 3.26. The molecule has 0 saturated heterocycles. The van der Waals surface area contributed by atoms with E-state index in [2.05, 4.69) is 4.74 Å². The molecule has 0 bridgehead atoms. The van der Waals surface area contributed by atoms with Crippen LogP contribution in [-0.2, 0) is 4.79 Å². The van der Waals surface area contributed by atoms with Gasteiger partial charge in [0.05, 0.1) is 10.0 Å². The first kappa shape index (κ1) is 22.9. The van der Waals surface area contributed by atoms with E-state index in [1.54, 1.807) is 44.2 Å². The number of benzene rings is 1. The van der Waals surface area contributed by atoms with Gasteiger partial charge >= 0.3 is 12.3 Å². The number of hydrogen-bond acceptors (Lipinski definition) is 2. The Hall–Kier alpha value is -2.18. The minimum atomic E-state index is -4.84. The van der Waals surface area contributed by atoms with Gasteiger partial charge in [-0.3, -0.25) is 0 Å². The Balaban J connectivity index is 3.04. The fourth-order valence-corrected chi connectivity index (χ4v) is 2.53. The average molecular weight is 421 g/mol. The van der Waals surface area contributed by atoms with Crippen molar-refractivity contribution in [1.82, 2.24) is 0 Å². The van der Waals surface area contributed by atoms with Crippen LogP contribution in [0, 0.1) is 6.92 Å². The number of hydrogen-bond donors (Lipinski definition) is 1. The highest BCUT2D eigenvalue weighted by molar-refractivity contribution is 6.38. The lowest BCUT2D eigenvalue weighted by Crippen LogP contribution is -2.18. The lowest BCUT2D eigenvalue weighted by Gasteiger charge is -2.14. The summed E-state index contributed by atoms with van der Waals surface area (Å²) in [7, 11) is 0. The Morgan fingerprint density at radius 2 is 1.81 bits per heavy atom. The number of carboxylic acids is 1. The molecule has 3 nitrogen and oxygen atoms in total. The smallest absolute Gasteiger partial charge is 0.478 e. The molecule has 0 spiro atoms. The molecule has 0 heterocycles. The highest BCUT2D eigenvalue weighted by atomic mass is 35.5. The molecule has 0 atom stereocenters. The Morgan fingerprint density at radius 1 is 1.19 bits per heavy atom. The van der Waals surface area contributed by atoms with Gasteiger partial charge in [0.1, 0.15) is 5.75 Å². The van der Waals surface area contributed by atoms with Crippen molar-refractivity contribution in [2.75, 3.05) is 0 Å². The molecule has 27 heavy (non-hydrogen) atoms. The zero-order valence-corrected chi connectivity index (χ0v) is 16.2. The first-order valence-electron chi connectivity index (χ1n) is 7.59. The van der Waals surface area contributed by atoms with E-state index in [9.17, 15) is 18.0 Å². The first-order chi connectivity index (χ1) is 12.4. The summed E-state index contributed by atoms with van der Waals surface area (Å²) in [6.07, 6.45) is 4.51. The molecule has 0 unspecified atom stereocenters. The van der Waals surface area contributed by atoms with Crippen LogP contribution < -0.4 is 4.74 Å². The van der Waals surface area contributed by atoms with Gasteiger partial charge in [-0.25, -0.2) is 4.79 Å². The van der Waals surface area contributed by atoms with Crippen LogP contribution in [0.3, 0.4) is 0 Å². The number of halogens is 5. The van der Waals surface area contributed by atoms with Crippen molar-refractivity contribution in [2.24, 2.45) is 0 Å². The second-order valence-corrected chi connectivity index (χ2v) is 6.37. The highest BCUT2D eigenvalue weighted by Gasteiger charge is 2.32. The van der Waals surface area contributed by atoms with Gasteiger partial charge in [0.15, 0.2) is 0 Å². The number of rotatable bonds is 6. The topological polar surface area (TPSA) is 46.5 Å². The molecule has 0 aliphatic rings. The molecular formula is C19H17Cl2F3O3. The fraction of sp³-hybridized carbons (Fsp3) is 0.211. The van der Waals surface area contributed by atoms with Gasteiger partial charge in [-0.2, -0.15) is 0 Å². The lowest BCUT2D eigenvalue weighted by molar-refractivity contribution is -0.274. The molecule has 0 saturated carbocycles. The SMILES string of the molecule is CC(C=Cc1c(Cl)cc(OC(F)(F)F)c(C)c1Cl)=CC=CC(C)=CC(=O)O. The number of ether oxygens (including phenoxy) is 1. The van der Waals surface area contributed by atoms with Gasteiger partial charge in [-0.1, -0.05) is 59.2 Å². The molecule has 1 aromatic rings. The van der Waals surface area contributed by atoms with Crippen molar-refractivity contribution in [3.05, 3.63) is 68.8 Å². The van der Waals surface area contributed by atoms with Gasteiger partial charge in [-0.05, 0) is 26.3 Å². The maximum Gasteiger partial charge on any atom is 0.573 e. The van der Waals surface area contributed by atoms with E-state index in [1.165, 1.54) is 6.92 Å². The van der Waals surface area contributed by atoms with Crippen LogP contribution in [0.5, 0.6) is 5.75 Å². The summed E-state index contributed by atoms with van der Waals surface area (Å²) in [5.74, 6) is -1.49. The molecule has 0 fully saturated rings. The van der Waals surface area contributed by atoms with E-state index < -0.39 is 18.1 Å². The van der Waals surface area contributed by atoms with Crippen LogP contribution in [0.2, 0.25) is 10.0 Å². The molecule has 1 N–H and O–H groups in total. The number of alkyl halides is 3. The second kappa shape index (κ2) is 9.67. The van der Waals surface area contributed by atoms with Crippen molar-refractivity contribution >= 4 is 35.2 Å². The predicted octanol–water partition coefficient (Wildman–Crippen LogP) is 6.75. The summed E-state index contributed by atoms with van der Waals surface area (Å²) >= 11 is 12.2. The van der Waals surface area contributed by atoms with E-state index in [4.69, 9.17) is 28.3 Å². The molecule has 0 radical (unpaired) electrons. The minimum absolute atomic E-state index is 0.0182. The van der Waals surface area contributed by atoms with Gasteiger partial charge in [0.25, 0.3) is 0 Å². The van der Waals surface area contributed by atoms with Gasteiger partial charge < -0.3 is 9.84 Å². The van der Waals surface area contributed by atoms with Crippen molar-refractivity contribution < 1.29 is 27.8 Å². The summed E-state index contributed by atoms with van der Waals surface area (Å²) < 4.78 is 41.2. The molecule has 146 valence electrons. The summed E-state index contributed by atoms with van der Waals surface area (Å²) in [5.41, 5.74) is 1.84. The summed E-state index contributed by atoms with van der Waals surface area (Å²) in [6, 6.07) is 1.06. The lowest BCUT2D eigenvalue weighted by atomic mass is 10.1. The van der Waals surface area contributed by atoms with Crippen molar-refractivity contribution in [2.45, 2.75) is 27.1 Å². The summed E-state index contributed by atoms with van der Waals surface area (Å²) in [5, 5.41) is 8.70. The molecular weight excluding hydrogens is 404 g/mol. The van der Waals surface area contributed by atoms with Crippen LogP contribution in [0.25, 0.3) is 6.08 Å². The quantitative estimate of drug-likeness (QED) is 0.409. The molecule has 1 rings (SSSR count). The maximum atomic E-state index is 12.4. The third-order valence-corrected chi connectivity index (χ3v) is 4.06. The van der Waals surface area contributed by atoms with E-state index in [1.807, 2.05) is 0 Å². The van der Waals surface area contributed by atoms with Crippen LogP contribution in [0.4, 0.5) is 13.2 Å². The minimum Gasteiger partial charge on any atom is -0.478 e. The normalized spacial score (nSPS) is 13.6. The Bertz CT molecular complexity index is 836. The van der Waals surface area contributed by atoms with E-state index in [0.717, 1.165) is 17.7 Å². The van der Waals surface area contributed by atoms with Crippen LogP contribution in [0.1, 0.15) is 25.0 Å². The van der Waals surface area contributed by atoms with Crippen molar-refractivity contribution in [3.8, 4) is 5.75 Å². The summed E-state index contributed by atoms with van der Waals surface area (Å²) in [4.78, 5) is 10.5. The molecule has 8 heteroatoms. The van der Waals surface area contributed by atoms with Crippen LogP contribution in [-0.4, -0.2) is 17.4 Å². The van der Waals surface area contributed by atoms with E-state index in [0.29, 0.717) is 11.1 Å². The molecule has 0 amide bonds. The predicted molar refractivity (Wildman–Crippen MR) is 101 cm³/mol. The van der Waals surface area contributed by atoms with E-state index >= 15 is 0 Å².